The fraction of sp³-hybridized carbons (Fsp3) is 0.577. The number of carbonyl (C=O) groups excluding carboxylic acids is 1. The van der Waals surface area contributed by atoms with Crippen LogP contribution in [0.3, 0.4) is 0 Å². The molecule has 0 spiro atoms. The van der Waals surface area contributed by atoms with Crippen molar-refractivity contribution in [1.82, 2.24) is 14.5 Å². The summed E-state index contributed by atoms with van der Waals surface area (Å²) in [5.74, 6) is -0.331. The van der Waals surface area contributed by atoms with Crippen LogP contribution in [0.15, 0.2) is 33.9 Å². The van der Waals surface area contributed by atoms with Gasteiger partial charge in [-0.2, -0.15) is 0 Å². The van der Waals surface area contributed by atoms with Crippen molar-refractivity contribution in [1.29, 1.82) is 0 Å². The van der Waals surface area contributed by atoms with Crippen molar-refractivity contribution in [3.63, 3.8) is 0 Å². The first-order valence-corrected chi connectivity index (χ1v) is 12.8. The van der Waals surface area contributed by atoms with Gasteiger partial charge in [0.05, 0.1) is 6.54 Å². The van der Waals surface area contributed by atoms with Crippen molar-refractivity contribution in [2.75, 3.05) is 23.7 Å². The van der Waals surface area contributed by atoms with Crippen molar-refractivity contribution in [2.24, 2.45) is 0 Å². The molecule has 0 saturated heterocycles. The van der Waals surface area contributed by atoms with Crippen LogP contribution >= 0.6 is 0 Å². The molecular formula is C26H38FN5O3. The number of nitrogens with zero attached hydrogens (tertiary/aromatic N) is 3. The van der Waals surface area contributed by atoms with Gasteiger partial charge in [-0.3, -0.25) is 19.1 Å². The van der Waals surface area contributed by atoms with Crippen LogP contribution in [0.25, 0.3) is 0 Å². The van der Waals surface area contributed by atoms with Crippen molar-refractivity contribution in [3.05, 3.63) is 56.5 Å². The number of hydrogen-bond acceptors (Lipinski definition) is 5. The Morgan fingerprint density at radius 3 is 2.43 bits per heavy atom. The second kappa shape index (κ2) is 12.6. The lowest BCUT2D eigenvalue weighted by atomic mass is 9.93. The Labute approximate surface area is 205 Å². The number of rotatable bonds is 11. The zero-order valence-electron chi connectivity index (χ0n) is 20.9. The molecule has 0 aliphatic heterocycles. The standard InChI is InChI=1S/C26H38FN5O3/c1-3-5-16-31-24(28)23(25(34)29-26(31)35)30(15-4-2)18-22(33)32(21-9-7-6-8-10-21)17-19-11-13-20(27)14-12-19/h11-14,21H,3-10,15-18,28H2,1-2H3,(H,29,34,35). The normalized spacial score (nSPS) is 14.1. The van der Waals surface area contributed by atoms with E-state index in [-0.39, 0.29) is 35.8 Å². The van der Waals surface area contributed by atoms with E-state index >= 15 is 0 Å². The van der Waals surface area contributed by atoms with Crippen LogP contribution < -0.4 is 21.9 Å². The van der Waals surface area contributed by atoms with Gasteiger partial charge in [0.15, 0.2) is 0 Å². The van der Waals surface area contributed by atoms with E-state index in [4.69, 9.17) is 5.73 Å². The van der Waals surface area contributed by atoms with E-state index in [2.05, 4.69) is 4.98 Å². The Hall–Kier alpha value is -3.10. The lowest BCUT2D eigenvalue weighted by Crippen LogP contribution is -2.48. The number of aromatic amines is 1. The average molecular weight is 488 g/mol. The average Bonchev–Trinajstić information content (AvgIpc) is 2.84. The number of nitrogens with one attached hydrogen (secondary N) is 1. The molecule has 9 heteroatoms. The van der Waals surface area contributed by atoms with E-state index in [0.29, 0.717) is 26.1 Å². The van der Waals surface area contributed by atoms with Crippen LogP contribution in [-0.4, -0.2) is 39.5 Å². The Balaban J connectivity index is 1.91. The fourth-order valence-corrected chi connectivity index (χ4v) is 4.82. The van der Waals surface area contributed by atoms with Gasteiger partial charge in [-0.1, -0.05) is 51.7 Å². The summed E-state index contributed by atoms with van der Waals surface area (Å²) in [4.78, 5) is 44.8. The van der Waals surface area contributed by atoms with Gasteiger partial charge in [0.2, 0.25) is 5.91 Å². The molecule has 1 heterocycles. The Kier molecular flexibility index (Phi) is 9.51. The number of anilines is 2. The molecule has 192 valence electrons. The summed E-state index contributed by atoms with van der Waals surface area (Å²) in [7, 11) is 0. The highest BCUT2D eigenvalue weighted by molar-refractivity contribution is 5.83. The maximum Gasteiger partial charge on any atom is 0.330 e. The smallest absolute Gasteiger partial charge is 0.330 e. The summed E-state index contributed by atoms with van der Waals surface area (Å²) >= 11 is 0. The first-order valence-electron chi connectivity index (χ1n) is 12.8. The topological polar surface area (TPSA) is 104 Å². The molecule has 1 amide bonds. The number of nitrogen functional groups attached to an aromatic ring is 1. The minimum atomic E-state index is -0.579. The van der Waals surface area contributed by atoms with Crippen LogP contribution in [-0.2, 0) is 17.9 Å². The lowest BCUT2D eigenvalue weighted by Gasteiger charge is -2.36. The molecule has 1 fully saturated rings. The van der Waals surface area contributed by atoms with Crippen LogP contribution in [0.2, 0.25) is 0 Å². The van der Waals surface area contributed by atoms with Gasteiger partial charge >= 0.3 is 5.69 Å². The molecule has 8 nitrogen and oxygen atoms in total. The van der Waals surface area contributed by atoms with Crippen LogP contribution in [0.4, 0.5) is 15.9 Å². The zero-order chi connectivity index (χ0) is 25.4. The predicted octanol–water partition coefficient (Wildman–Crippen LogP) is 3.64. The monoisotopic (exact) mass is 487 g/mol. The predicted molar refractivity (Wildman–Crippen MR) is 137 cm³/mol. The van der Waals surface area contributed by atoms with E-state index in [9.17, 15) is 18.8 Å². The summed E-state index contributed by atoms with van der Waals surface area (Å²) in [5, 5.41) is 0. The van der Waals surface area contributed by atoms with Gasteiger partial charge in [0.25, 0.3) is 5.56 Å². The van der Waals surface area contributed by atoms with Gasteiger partial charge in [-0.25, -0.2) is 9.18 Å². The van der Waals surface area contributed by atoms with Crippen molar-refractivity contribution < 1.29 is 9.18 Å². The zero-order valence-corrected chi connectivity index (χ0v) is 20.9. The molecule has 0 unspecified atom stereocenters. The van der Waals surface area contributed by atoms with Gasteiger partial charge in [0, 0.05) is 25.7 Å². The molecule has 0 radical (unpaired) electrons. The highest BCUT2D eigenvalue weighted by Crippen LogP contribution is 2.25. The maximum absolute atomic E-state index is 13.7. The summed E-state index contributed by atoms with van der Waals surface area (Å²) in [6.07, 6.45) is 7.43. The third kappa shape index (κ3) is 6.74. The van der Waals surface area contributed by atoms with Gasteiger partial charge in [-0.15, -0.1) is 0 Å². The minimum absolute atomic E-state index is 0.0230. The van der Waals surface area contributed by atoms with Gasteiger partial charge in [0.1, 0.15) is 17.3 Å². The van der Waals surface area contributed by atoms with Crippen LogP contribution in [0.1, 0.15) is 70.8 Å². The molecule has 1 aromatic carbocycles. The number of nitrogens with two attached hydrogens (primary N) is 1. The van der Waals surface area contributed by atoms with E-state index < -0.39 is 11.2 Å². The Morgan fingerprint density at radius 2 is 1.80 bits per heavy atom. The van der Waals surface area contributed by atoms with Crippen molar-refractivity contribution in [3.8, 4) is 0 Å². The van der Waals surface area contributed by atoms with Crippen molar-refractivity contribution in [2.45, 2.75) is 84.3 Å². The second-order valence-corrected chi connectivity index (χ2v) is 9.36. The molecule has 1 aliphatic rings. The van der Waals surface area contributed by atoms with E-state index in [0.717, 1.165) is 50.5 Å². The van der Waals surface area contributed by atoms with E-state index in [1.807, 2.05) is 18.7 Å². The molecule has 35 heavy (non-hydrogen) atoms. The molecule has 3 N–H and O–H groups in total. The third-order valence-corrected chi connectivity index (χ3v) is 6.69. The highest BCUT2D eigenvalue weighted by Gasteiger charge is 2.28. The number of hydrogen-bond donors (Lipinski definition) is 2. The quantitative estimate of drug-likeness (QED) is 0.504. The molecule has 1 aliphatic carbocycles. The van der Waals surface area contributed by atoms with Crippen LogP contribution in [0.5, 0.6) is 0 Å². The van der Waals surface area contributed by atoms with Crippen LogP contribution in [0, 0.1) is 5.82 Å². The first kappa shape index (κ1) is 26.5. The fourth-order valence-electron chi connectivity index (χ4n) is 4.82. The Bertz CT molecular complexity index is 1090. The van der Waals surface area contributed by atoms with E-state index in [1.165, 1.54) is 16.7 Å². The Morgan fingerprint density at radius 1 is 1.11 bits per heavy atom. The largest absolute Gasteiger partial charge is 0.383 e. The first-order chi connectivity index (χ1) is 16.8. The number of carbonyl (C=O) groups is 1. The maximum atomic E-state index is 13.7. The van der Waals surface area contributed by atoms with Gasteiger partial charge < -0.3 is 15.5 Å². The summed E-state index contributed by atoms with van der Waals surface area (Å²) < 4.78 is 14.8. The number of amides is 1. The SMILES string of the molecule is CCCCn1c(N)c(N(CCC)CC(=O)N(Cc2ccc(F)cc2)C2CCCCC2)c(=O)[nH]c1=O. The number of aromatic nitrogens is 2. The number of halogens is 1. The lowest BCUT2D eigenvalue weighted by molar-refractivity contribution is -0.133. The number of unbranched alkanes of at least 4 members (excludes halogenated alkanes) is 1. The molecule has 1 saturated carbocycles. The molecule has 3 rings (SSSR count). The number of benzene rings is 1. The summed E-state index contributed by atoms with van der Waals surface area (Å²) in [6, 6.07) is 6.31. The van der Waals surface area contributed by atoms with Crippen molar-refractivity contribution >= 4 is 17.4 Å². The number of H-pyrrole nitrogens is 1. The molecular weight excluding hydrogens is 449 g/mol. The molecule has 0 atom stereocenters. The summed E-state index contributed by atoms with van der Waals surface area (Å²) in [6.45, 7) is 5.18. The molecule has 0 bridgehead atoms. The van der Waals surface area contributed by atoms with Gasteiger partial charge in [-0.05, 0) is 43.4 Å². The summed E-state index contributed by atoms with van der Waals surface area (Å²) in [5.41, 5.74) is 6.24. The third-order valence-electron chi connectivity index (χ3n) is 6.69. The molecule has 1 aromatic heterocycles. The highest BCUT2D eigenvalue weighted by atomic mass is 19.1. The second-order valence-electron chi connectivity index (χ2n) is 9.36. The molecule has 2 aromatic rings. The minimum Gasteiger partial charge on any atom is -0.383 e. The van der Waals surface area contributed by atoms with E-state index in [1.54, 1.807) is 17.0 Å².